The Morgan fingerprint density at radius 3 is 2.21 bits per heavy atom. The van der Waals surface area contributed by atoms with Crippen molar-refractivity contribution in [1.29, 1.82) is 0 Å². The van der Waals surface area contributed by atoms with Gasteiger partial charge in [-0.2, -0.15) is 0 Å². The van der Waals surface area contributed by atoms with Crippen LogP contribution in [0.1, 0.15) is 17.2 Å². The Bertz CT molecular complexity index is 555. The largest absolute Gasteiger partial charge is 0.494 e. The molecular weight excluding hydrogens is 248 g/mol. The molecule has 1 N–H and O–H groups in total. The van der Waals surface area contributed by atoms with E-state index < -0.39 is 5.82 Å². The van der Waals surface area contributed by atoms with Crippen LogP contribution in [0.5, 0.6) is 5.75 Å². The van der Waals surface area contributed by atoms with Gasteiger partial charge in [0.1, 0.15) is 5.82 Å². The summed E-state index contributed by atoms with van der Waals surface area (Å²) < 4.78 is 31.3. The number of benzene rings is 2. The Hall–Kier alpha value is -1.94. The molecule has 0 saturated heterocycles. The average molecular weight is 263 g/mol. The molecule has 2 aromatic rings. The minimum absolute atomic E-state index is 0.143. The first-order valence-corrected chi connectivity index (χ1v) is 5.92. The van der Waals surface area contributed by atoms with Gasteiger partial charge < -0.3 is 10.1 Å². The third kappa shape index (κ3) is 2.90. The lowest BCUT2D eigenvalue weighted by molar-refractivity contribution is 0.385. The monoisotopic (exact) mass is 263 g/mol. The first-order chi connectivity index (χ1) is 9.15. The standard InChI is InChI=1S/C15H15F2NO/c1-18-15(10-3-6-12(16)7-4-10)11-5-8-13(17)14(9-11)19-2/h3-9,15,18H,1-2H3. The van der Waals surface area contributed by atoms with Gasteiger partial charge in [-0.05, 0) is 42.4 Å². The highest BCUT2D eigenvalue weighted by molar-refractivity contribution is 5.37. The highest BCUT2D eigenvalue weighted by Gasteiger charge is 2.14. The highest BCUT2D eigenvalue weighted by Crippen LogP contribution is 2.27. The maximum Gasteiger partial charge on any atom is 0.165 e. The van der Waals surface area contributed by atoms with Gasteiger partial charge in [-0.3, -0.25) is 0 Å². The zero-order valence-electron chi connectivity index (χ0n) is 10.8. The van der Waals surface area contributed by atoms with Crippen LogP contribution in [0.4, 0.5) is 8.78 Å². The second-order valence-electron chi connectivity index (χ2n) is 4.17. The molecule has 0 spiro atoms. The zero-order chi connectivity index (χ0) is 13.8. The first-order valence-electron chi connectivity index (χ1n) is 5.92. The molecule has 0 bridgehead atoms. The summed E-state index contributed by atoms with van der Waals surface area (Å²) in [5.41, 5.74) is 1.75. The second kappa shape index (κ2) is 5.80. The quantitative estimate of drug-likeness (QED) is 0.914. The van der Waals surface area contributed by atoms with Crippen molar-refractivity contribution in [3.05, 3.63) is 65.2 Å². The van der Waals surface area contributed by atoms with Gasteiger partial charge in [-0.1, -0.05) is 18.2 Å². The molecule has 1 unspecified atom stereocenters. The van der Waals surface area contributed by atoms with Crippen LogP contribution in [-0.2, 0) is 0 Å². The molecular formula is C15H15F2NO. The van der Waals surface area contributed by atoms with Gasteiger partial charge >= 0.3 is 0 Å². The summed E-state index contributed by atoms with van der Waals surface area (Å²) >= 11 is 0. The van der Waals surface area contributed by atoms with Gasteiger partial charge in [0, 0.05) is 0 Å². The molecule has 0 heterocycles. The van der Waals surface area contributed by atoms with Crippen molar-refractivity contribution in [2.75, 3.05) is 14.2 Å². The highest BCUT2D eigenvalue weighted by atomic mass is 19.1. The molecule has 0 aliphatic heterocycles. The number of ether oxygens (including phenoxy) is 1. The third-order valence-electron chi connectivity index (χ3n) is 3.00. The van der Waals surface area contributed by atoms with Crippen molar-refractivity contribution >= 4 is 0 Å². The van der Waals surface area contributed by atoms with Gasteiger partial charge in [-0.15, -0.1) is 0 Å². The molecule has 0 saturated carbocycles. The maximum absolute atomic E-state index is 13.4. The summed E-state index contributed by atoms with van der Waals surface area (Å²) in [4.78, 5) is 0. The number of hydrogen-bond acceptors (Lipinski definition) is 2. The zero-order valence-corrected chi connectivity index (χ0v) is 10.8. The van der Waals surface area contributed by atoms with Crippen molar-refractivity contribution in [1.82, 2.24) is 5.32 Å². The second-order valence-corrected chi connectivity index (χ2v) is 4.17. The fourth-order valence-electron chi connectivity index (χ4n) is 2.04. The van der Waals surface area contributed by atoms with E-state index in [1.165, 1.54) is 25.3 Å². The van der Waals surface area contributed by atoms with Crippen LogP contribution >= 0.6 is 0 Å². The number of hydrogen-bond donors (Lipinski definition) is 1. The van der Waals surface area contributed by atoms with E-state index in [-0.39, 0.29) is 17.6 Å². The van der Waals surface area contributed by atoms with E-state index in [0.717, 1.165) is 11.1 Å². The van der Waals surface area contributed by atoms with E-state index in [1.54, 1.807) is 31.3 Å². The molecule has 2 aromatic carbocycles. The summed E-state index contributed by atoms with van der Waals surface area (Å²) in [6.45, 7) is 0. The molecule has 0 amide bonds. The van der Waals surface area contributed by atoms with E-state index >= 15 is 0 Å². The van der Waals surface area contributed by atoms with Gasteiger partial charge in [0.05, 0.1) is 13.2 Å². The van der Waals surface area contributed by atoms with Crippen LogP contribution in [0.3, 0.4) is 0 Å². The molecule has 0 aliphatic carbocycles. The van der Waals surface area contributed by atoms with Gasteiger partial charge in [-0.25, -0.2) is 8.78 Å². The van der Waals surface area contributed by atoms with Crippen LogP contribution in [0, 0.1) is 11.6 Å². The Morgan fingerprint density at radius 1 is 1.00 bits per heavy atom. The molecule has 0 fully saturated rings. The number of rotatable bonds is 4. The average Bonchev–Trinajstić information content (AvgIpc) is 2.43. The van der Waals surface area contributed by atoms with Crippen molar-refractivity contribution in [2.45, 2.75) is 6.04 Å². The maximum atomic E-state index is 13.4. The number of halogens is 2. The predicted molar refractivity (Wildman–Crippen MR) is 70.3 cm³/mol. The van der Waals surface area contributed by atoms with E-state index in [4.69, 9.17) is 4.74 Å². The van der Waals surface area contributed by atoms with Crippen LogP contribution in [-0.4, -0.2) is 14.2 Å². The number of nitrogens with one attached hydrogen (secondary N) is 1. The summed E-state index contributed by atoms with van der Waals surface area (Å²) in [6, 6.07) is 10.7. The normalized spacial score (nSPS) is 12.2. The molecule has 2 nitrogen and oxygen atoms in total. The Kier molecular flexibility index (Phi) is 4.12. The van der Waals surface area contributed by atoms with Crippen molar-refractivity contribution in [3.8, 4) is 5.75 Å². The third-order valence-corrected chi connectivity index (χ3v) is 3.00. The lowest BCUT2D eigenvalue weighted by atomic mass is 9.98. The van der Waals surface area contributed by atoms with E-state index in [2.05, 4.69) is 5.32 Å². The molecule has 4 heteroatoms. The van der Waals surface area contributed by atoms with Crippen molar-refractivity contribution < 1.29 is 13.5 Å². The molecule has 1 atom stereocenters. The fraction of sp³-hybridized carbons (Fsp3) is 0.200. The number of methoxy groups -OCH3 is 1. The predicted octanol–water partition coefficient (Wildman–Crippen LogP) is 3.28. The van der Waals surface area contributed by atoms with Gasteiger partial charge in [0.15, 0.2) is 11.6 Å². The van der Waals surface area contributed by atoms with Crippen molar-refractivity contribution in [3.63, 3.8) is 0 Å². The van der Waals surface area contributed by atoms with Crippen LogP contribution < -0.4 is 10.1 Å². The topological polar surface area (TPSA) is 21.3 Å². The van der Waals surface area contributed by atoms with Crippen LogP contribution in [0.2, 0.25) is 0 Å². The van der Waals surface area contributed by atoms with E-state index in [1.807, 2.05) is 0 Å². The molecule has 0 aromatic heterocycles. The van der Waals surface area contributed by atoms with E-state index in [9.17, 15) is 8.78 Å². The van der Waals surface area contributed by atoms with E-state index in [0.29, 0.717) is 0 Å². The Morgan fingerprint density at radius 2 is 1.63 bits per heavy atom. The summed E-state index contributed by atoms with van der Waals surface area (Å²) in [6.07, 6.45) is 0. The lowest BCUT2D eigenvalue weighted by Crippen LogP contribution is -2.17. The summed E-state index contributed by atoms with van der Waals surface area (Å²) in [5, 5.41) is 3.12. The lowest BCUT2D eigenvalue weighted by Gasteiger charge is -2.18. The minimum atomic E-state index is -0.403. The molecule has 100 valence electrons. The van der Waals surface area contributed by atoms with Crippen LogP contribution in [0.15, 0.2) is 42.5 Å². The Balaban J connectivity index is 2.39. The molecule has 19 heavy (non-hydrogen) atoms. The summed E-state index contributed by atoms with van der Waals surface area (Å²) in [7, 11) is 3.22. The van der Waals surface area contributed by atoms with Gasteiger partial charge in [0.25, 0.3) is 0 Å². The van der Waals surface area contributed by atoms with Gasteiger partial charge in [0.2, 0.25) is 0 Å². The first kappa shape index (κ1) is 13.5. The SMILES string of the molecule is CNC(c1ccc(F)cc1)c1ccc(F)c(OC)c1. The fourth-order valence-corrected chi connectivity index (χ4v) is 2.04. The minimum Gasteiger partial charge on any atom is -0.494 e. The smallest absolute Gasteiger partial charge is 0.165 e. The Labute approximate surface area is 111 Å². The summed E-state index contributed by atoms with van der Waals surface area (Å²) in [5.74, 6) is -0.490. The van der Waals surface area contributed by atoms with Crippen LogP contribution in [0.25, 0.3) is 0 Å². The molecule has 2 rings (SSSR count). The molecule has 0 aliphatic rings. The van der Waals surface area contributed by atoms with Crippen molar-refractivity contribution in [2.24, 2.45) is 0 Å². The molecule has 0 radical (unpaired) electrons.